The van der Waals surface area contributed by atoms with Crippen molar-refractivity contribution in [3.63, 3.8) is 0 Å². The summed E-state index contributed by atoms with van der Waals surface area (Å²) in [6, 6.07) is 13.8. The SMILES string of the molecule is CCCCOc1ccc(Cl)cc1/C=C(\C#N)C(=O)Nc1ccccc1Cl. The summed E-state index contributed by atoms with van der Waals surface area (Å²) in [7, 11) is 0. The van der Waals surface area contributed by atoms with Crippen LogP contribution in [0, 0.1) is 11.3 Å². The summed E-state index contributed by atoms with van der Waals surface area (Å²) >= 11 is 12.1. The molecule has 0 heterocycles. The molecule has 6 heteroatoms. The molecule has 2 rings (SSSR count). The Morgan fingerprint density at radius 3 is 2.73 bits per heavy atom. The standard InChI is InChI=1S/C20H18Cl2N2O2/c1-2-3-10-26-19-9-8-16(21)12-14(19)11-15(13-23)20(25)24-18-7-5-4-6-17(18)22/h4-9,11-12H,2-3,10H2,1H3,(H,24,25)/b15-11+. The van der Waals surface area contributed by atoms with Crippen molar-refractivity contribution >= 4 is 40.9 Å². The van der Waals surface area contributed by atoms with Gasteiger partial charge in [0.25, 0.3) is 5.91 Å². The number of unbranched alkanes of at least 4 members (excludes halogenated alkanes) is 1. The third-order valence-corrected chi connectivity index (χ3v) is 4.08. The molecule has 0 saturated heterocycles. The van der Waals surface area contributed by atoms with Gasteiger partial charge in [0.1, 0.15) is 17.4 Å². The molecule has 2 aromatic rings. The second-order valence-corrected chi connectivity index (χ2v) is 6.33. The first-order valence-corrected chi connectivity index (χ1v) is 8.90. The zero-order chi connectivity index (χ0) is 18.9. The molecule has 0 bridgehead atoms. The van der Waals surface area contributed by atoms with Crippen molar-refractivity contribution in [2.45, 2.75) is 19.8 Å². The maximum absolute atomic E-state index is 12.4. The Bertz CT molecular complexity index is 857. The van der Waals surface area contributed by atoms with Crippen molar-refractivity contribution in [1.82, 2.24) is 0 Å². The Balaban J connectivity index is 2.27. The van der Waals surface area contributed by atoms with E-state index in [2.05, 4.69) is 12.2 Å². The van der Waals surface area contributed by atoms with Crippen molar-refractivity contribution in [3.8, 4) is 11.8 Å². The molecule has 0 unspecified atom stereocenters. The molecule has 0 aliphatic rings. The number of carbonyl (C=O) groups is 1. The minimum atomic E-state index is -0.555. The normalized spacial score (nSPS) is 10.9. The second-order valence-electron chi connectivity index (χ2n) is 5.49. The molecular formula is C20H18Cl2N2O2. The number of carbonyl (C=O) groups excluding carboxylic acids is 1. The Kier molecular flexibility index (Phi) is 7.53. The number of nitrogens with zero attached hydrogens (tertiary/aromatic N) is 1. The molecular weight excluding hydrogens is 371 g/mol. The molecule has 134 valence electrons. The largest absolute Gasteiger partial charge is 0.493 e. The minimum absolute atomic E-state index is 0.0764. The number of rotatable bonds is 7. The zero-order valence-corrected chi connectivity index (χ0v) is 15.8. The lowest BCUT2D eigenvalue weighted by Crippen LogP contribution is -2.13. The van der Waals surface area contributed by atoms with Gasteiger partial charge in [-0.2, -0.15) is 5.26 Å². The predicted molar refractivity (Wildman–Crippen MR) is 106 cm³/mol. The van der Waals surface area contributed by atoms with Crippen molar-refractivity contribution in [2.24, 2.45) is 0 Å². The molecule has 0 aromatic heterocycles. The van der Waals surface area contributed by atoms with Crippen LogP contribution in [0.5, 0.6) is 5.75 Å². The van der Waals surface area contributed by atoms with Gasteiger partial charge in [0.2, 0.25) is 0 Å². The van der Waals surface area contributed by atoms with Gasteiger partial charge in [0.05, 0.1) is 17.3 Å². The predicted octanol–water partition coefficient (Wildman–Crippen LogP) is 5.72. The number of para-hydroxylation sites is 1. The van der Waals surface area contributed by atoms with Gasteiger partial charge in [-0.3, -0.25) is 4.79 Å². The van der Waals surface area contributed by atoms with Crippen LogP contribution < -0.4 is 10.1 Å². The van der Waals surface area contributed by atoms with Crippen LogP contribution in [0.1, 0.15) is 25.3 Å². The minimum Gasteiger partial charge on any atom is -0.493 e. The number of amides is 1. The quantitative estimate of drug-likeness (QED) is 0.374. The van der Waals surface area contributed by atoms with Crippen LogP contribution in [0.15, 0.2) is 48.0 Å². The van der Waals surface area contributed by atoms with Gasteiger partial charge < -0.3 is 10.1 Å². The highest BCUT2D eigenvalue weighted by molar-refractivity contribution is 6.34. The number of halogens is 2. The van der Waals surface area contributed by atoms with Crippen LogP contribution in [0.3, 0.4) is 0 Å². The fourth-order valence-electron chi connectivity index (χ4n) is 2.15. The molecule has 26 heavy (non-hydrogen) atoms. The van der Waals surface area contributed by atoms with Gasteiger partial charge in [-0.15, -0.1) is 0 Å². The van der Waals surface area contributed by atoms with E-state index in [4.69, 9.17) is 27.9 Å². The third-order valence-electron chi connectivity index (χ3n) is 3.51. The van der Waals surface area contributed by atoms with Crippen molar-refractivity contribution in [2.75, 3.05) is 11.9 Å². The first-order chi connectivity index (χ1) is 12.5. The van der Waals surface area contributed by atoms with E-state index >= 15 is 0 Å². The molecule has 1 N–H and O–H groups in total. The van der Waals surface area contributed by atoms with Crippen molar-refractivity contribution in [1.29, 1.82) is 5.26 Å². The molecule has 0 aliphatic heterocycles. The van der Waals surface area contributed by atoms with E-state index in [0.29, 0.717) is 33.7 Å². The number of hydrogen-bond donors (Lipinski definition) is 1. The summed E-state index contributed by atoms with van der Waals surface area (Å²) in [5.41, 5.74) is 0.929. The molecule has 0 atom stereocenters. The van der Waals surface area contributed by atoms with E-state index < -0.39 is 5.91 Å². The number of ether oxygens (including phenoxy) is 1. The summed E-state index contributed by atoms with van der Waals surface area (Å²) in [4.78, 5) is 12.4. The molecule has 2 aromatic carbocycles. The number of benzene rings is 2. The topological polar surface area (TPSA) is 62.1 Å². The highest BCUT2D eigenvalue weighted by Gasteiger charge is 2.13. The fourth-order valence-corrected chi connectivity index (χ4v) is 2.51. The summed E-state index contributed by atoms with van der Waals surface area (Å²) in [6.45, 7) is 2.62. The lowest BCUT2D eigenvalue weighted by molar-refractivity contribution is -0.112. The molecule has 0 radical (unpaired) electrons. The van der Waals surface area contributed by atoms with E-state index in [1.165, 1.54) is 6.08 Å². The maximum atomic E-state index is 12.4. The van der Waals surface area contributed by atoms with Gasteiger partial charge in [0, 0.05) is 10.6 Å². The number of nitrogens with one attached hydrogen (secondary N) is 1. The van der Waals surface area contributed by atoms with E-state index in [0.717, 1.165) is 12.8 Å². The fraction of sp³-hybridized carbons (Fsp3) is 0.200. The lowest BCUT2D eigenvalue weighted by Gasteiger charge is -2.10. The number of hydrogen-bond acceptors (Lipinski definition) is 3. The van der Waals surface area contributed by atoms with E-state index in [-0.39, 0.29) is 5.57 Å². The van der Waals surface area contributed by atoms with Crippen LogP contribution >= 0.6 is 23.2 Å². The van der Waals surface area contributed by atoms with Crippen LogP contribution in [0.2, 0.25) is 10.0 Å². The molecule has 0 spiro atoms. The van der Waals surface area contributed by atoms with Crippen LogP contribution in [-0.2, 0) is 4.79 Å². The molecule has 0 saturated carbocycles. The highest BCUT2D eigenvalue weighted by Crippen LogP contribution is 2.26. The third kappa shape index (κ3) is 5.52. The van der Waals surface area contributed by atoms with Gasteiger partial charge in [-0.1, -0.05) is 48.7 Å². The van der Waals surface area contributed by atoms with E-state index in [9.17, 15) is 10.1 Å². The second kappa shape index (κ2) is 9.86. The first-order valence-electron chi connectivity index (χ1n) is 8.15. The zero-order valence-electron chi connectivity index (χ0n) is 14.3. The Labute approximate surface area is 163 Å². The lowest BCUT2D eigenvalue weighted by atomic mass is 10.1. The molecule has 0 fully saturated rings. The van der Waals surface area contributed by atoms with Gasteiger partial charge in [-0.25, -0.2) is 0 Å². The number of nitriles is 1. The smallest absolute Gasteiger partial charge is 0.266 e. The molecule has 1 amide bonds. The van der Waals surface area contributed by atoms with Gasteiger partial charge in [0.15, 0.2) is 0 Å². The Morgan fingerprint density at radius 2 is 2.04 bits per heavy atom. The average Bonchev–Trinajstić information content (AvgIpc) is 2.63. The maximum Gasteiger partial charge on any atom is 0.266 e. The highest BCUT2D eigenvalue weighted by atomic mass is 35.5. The monoisotopic (exact) mass is 388 g/mol. The van der Waals surface area contributed by atoms with Crippen molar-refractivity contribution < 1.29 is 9.53 Å². The van der Waals surface area contributed by atoms with Crippen LogP contribution in [0.4, 0.5) is 5.69 Å². The van der Waals surface area contributed by atoms with E-state index in [1.54, 1.807) is 42.5 Å². The Hall–Kier alpha value is -2.48. The summed E-state index contributed by atoms with van der Waals surface area (Å²) < 4.78 is 5.73. The number of anilines is 1. The molecule has 0 aliphatic carbocycles. The summed E-state index contributed by atoms with van der Waals surface area (Å²) in [6.07, 6.45) is 3.37. The molecule has 4 nitrogen and oxygen atoms in total. The van der Waals surface area contributed by atoms with Gasteiger partial charge in [-0.05, 0) is 42.8 Å². The van der Waals surface area contributed by atoms with Gasteiger partial charge >= 0.3 is 0 Å². The van der Waals surface area contributed by atoms with Crippen LogP contribution in [-0.4, -0.2) is 12.5 Å². The van der Waals surface area contributed by atoms with Crippen LogP contribution in [0.25, 0.3) is 6.08 Å². The van der Waals surface area contributed by atoms with E-state index in [1.807, 2.05) is 6.07 Å². The Morgan fingerprint density at radius 1 is 1.27 bits per heavy atom. The van der Waals surface area contributed by atoms with Crippen molar-refractivity contribution in [3.05, 3.63) is 63.6 Å². The first kappa shape index (κ1) is 19.8. The summed E-state index contributed by atoms with van der Waals surface area (Å²) in [5.74, 6) is 0.0150. The summed E-state index contributed by atoms with van der Waals surface area (Å²) in [5, 5.41) is 12.9. The average molecular weight is 389 g/mol.